The second-order valence-electron chi connectivity index (χ2n) is 6.33. The van der Waals surface area contributed by atoms with Crippen molar-refractivity contribution in [3.63, 3.8) is 0 Å². The second-order valence-corrected chi connectivity index (χ2v) is 7.22. The van der Waals surface area contributed by atoms with E-state index in [0.29, 0.717) is 23.5 Å². The van der Waals surface area contributed by atoms with Crippen LogP contribution in [0.1, 0.15) is 45.5 Å². The van der Waals surface area contributed by atoms with Gasteiger partial charge >= 0.3 is 0 Å². The Kier molecular flexibility index (Phi) is 3.56. The molecule has 0 aromatic carbocycles. The molecule has 116 valence electrons. The average molecular weight is 318 g/mol. The van der Waals surface area contributed by atoms with Crippen molar-refractivity contribution in [3.8, 4) is 23.2 Å². The van der Waals surface area contributed by atoms with Crippen LogP contribution < -0.4 is 0 Å². The summed E-state index contributed by atoms with van der Waals surface area (Å²) in [7, 11) is 0. The minimum Gasteiger partial charge on any atom is -0.330 e. The molecule has 0 aliphatic rings. The summed E-state index contributed by atoms with van der Waals surface area (Å²) in [6, 6.07) is 0. The van der Waals surface area contributed by atoms with E-state index in [0.717, 1.165) is 10.7 Å². The zero-order chi connectivity index (χ0) is 15.9. The summed E-state index contributed by atoms with van der Waals surface area (Å²) in [6.07, 6.45) is 1.67. The number of thiazole rings is 1. The highest BCUT2D eigenvalue weighted by Gasteiger charge is 2.20. The van der Waals surface area contributed by atoms with Gasteiger partial charge in [-0.1, -0.05) is 19.0 Å². The van der Waals surface area contributed by atoms with Gasteiger partial charge in [-0.2, -0.15) is 4.98 Å². The van der Waals surface area contributed by atoms with Crippen LogP contribution in [0.25, 0.3) is 23.2 Å². The quantitative estimate of drug-likeness (QED) is 0.736. The molecule has 3 heterocycles. The fraction of sp³-hybridized carbons (Fsp3) is 0.500. The molecule has 7 nitrogen and oxygen atoms in total. The summed E-state index contributed by atoms with van der Waals surface area (Å²) in [4.78, 5) is 13.1. The fourth-order valence-electron chi connectivity index (χ4n) is 1.76. The lowest BCUT2D eigenvalue weighted by Crippen LogP contribution is -2.22. The molecule has 0 radical (unpaired) electrons. The van der Waals surface area contributed by atoms with E-state index in [2.05, 4.69) is 39.1 Å². The maximum absolute atomic E-state index is 5.27. The third-order valence-corrected chi connectivity index (χ3v) is 4.19. The molecule has 3 aromatic heterocycles. The van der Waals surface area contributed by atoms with Crippen molar-refractivity contribution in [1.82, 2.24) is 29.9 Å². The zero-order valence-corrected chi connectivity index (χ0v) is 14.0. The maximum atomic E-state index is 5.27. The number of nitrogens with zero attached hydrogens (tertiary/aromatic N) is 6. The Morgan fingerprint density at radius 3 is 2.55 bits per heavy atom. The van der Waals surface area contributed by atoms with Gasteiger partial charge in [0.25, 0.3) is 5.89 Å². The highest BCUT2D eigenvalue weighted by Crippen LogP contribution is 2.26. The van der Waals surface area contributed by atoms with Crippen LogP contribution in [0.3, 0.4) is 0 Å². The molecule has 8 heteroatoms. The summed E-state index contributed by atoms with van der Waals surface area (Å²) in [5.41, 5.74) is 0.578. The number of aromatic nitrogens is 6. The first-order chi connectivity index (χ1) is 10.3. The van der Waals surface area contributed by atoms with Crippen molar-refractivity contribution in [2.75, 3.05) is 0 Å². The van der Waals surface area contributed by atoms with Crippen LogP contribution in [0.4, 0.5) is 0 Å². The number of hydrogen-bond acceptors (Lipinski definition) is 7. The maximum Gasteiger partial charge on any atom is 0.297 e. The van der Waals surface area contributed by atoms with E-state index in [-0.39, 0.29) is 5.54 Å². The Bertz CT molecular complexity index is 779. The van der Waals surface area contributed by atoms with Gasteiger partial charge in [0.2, 0.25) is 11.6 Å². The van der Waals surface area contributed by atoms with Gasteiger partial charge in [-0.05, 0) is 20.8 Å². The van der Waals surface area contributed by atoms with Crippen molar-refractivity contribution in [2.24, 2.45) is 0 Å². The van der Waals surface area contributed by atoms with Crippen molar-refractivity contribution in [2.45, 2.75) is 46.1 Å². The third kappa shape index (κ3) is 2.78. The monoisotopic (exact) mass is 318 g/mol. The topological polar surface area (TPSA) is 82.5 Å². The normalized spacial score (nSPS) is 12.3. The van der Waals surface area contributed by atoms with Crippen molar-refractivity contribution >= 4 is 11.3 Å². The molecule has 0 aliphatic heterocycles. The molecule has 0 aliphatic carbocycles. The van der Waals surface area contributed by atoms with E-state index in [9.17, 15) is 0 Å². The van der Waals surface area contributed by atoms with Crippen LogP contribution in [-0.4, -0.2) is 29.9 Å². The standard InChI is InChI=1S/C14H18N6OS/c1-8(2)13-16-9(6-22-13)10-17-12(21-19-10)11-15-7-20(18-11)14(3,4)5/h6-8H,1-5H3. The van der Waals surface area contributed by atoms with E-state index in [1.54, 1.807) is 22.3 Å². The SMILES string of the molecule is CC(C)c1nc(-c2noc(-c3ncn(C(C)(C)C)n3)n2)cs1. The summed E-state index contributed by atoms with van der Waals surface area (Å²) in [5, 5.41) is 11.3. The van der Waals surface area contributed by atoms with Gasteiger partial charge in [0.15, 0.2) is 0 Å². The Balaban J connectivity index is 1.88. The van der Waals surface area contributed by atoms with Gasteiger partial charge in [0.1, 0.15) is 12.0 Å². The molecular formula is C14H18N6OS. The predicted molar refractivity (Wildman–Crippen MR) is 83.5 cm³/mol. The molecule has 3 rings (SSSR count). The smallest absolute Gasteiger partial charge is 0.297 e. The van der Waals surface area contributed by atoms with E-state index in [4.69, 9.17) is 4.52 Å². The first kappa shape index (κ1) is 14.8. The van der Waals surface area contributed by atoms with Gasteiger partial charge in [-0.3, -0.25) is 0 Å². The fourth-order valence-corrected chi connectivity index (χ4v) is 2.57. The second kappa shape index (κ2) is 5.28. The van der Waals surface area contributed by atoms with E-state index in [1.165, 1.54) is 0 Å². The van der Waals surface area contributed by atoms with Crippen molar-refractivity contribution < 1.29 is 4.52 Å². The largest absolute Gasteiger partial charge is 0.330 e. The minimum atomic E-state index is -0.144. The minimum absolute atomic E-state index is 0.144. The van der Waals surface area contributed by atoms with Crippen molar-refractivity contribution in [1.29, 1.82) is 0 Å². The summed E-state index contributed by atoms with van der Waals surface area (Å²) in [5.74, 6) is 1.57. The Morgan fingerprint density at radius 2 is 1.95 bits per heavy atom. The Hall–Kier alpha value is -2.09. The van der Waals surface area contributed by atoms with Gasteiger partial charge in [0, 0.05) is 11.3 Å². The molecule has 3 aromatic rings. The number of hydrogen-bond donors (Lipinski definition) is 0. The lowest BCUT2D eigenvalue weighted by atomic mass is 10.1. The van der Waals surface area contributed by atoms with Crippen LogP contribution in [0, 0.1) is 0 Å². The van der Waals surface area contributed by atoms with Crippen LogP contribution >= 0.6 is 11.3 Å². The van der Waals surface area contributed by atoms with Crippen LogP contribution in [0.15, 0.2) is 16.2 Å². The molecule has 0 bridgehead atoms. The van der Waals surface area contributed by atoms with Crippen LogP contribution in [-0.2, 0) is 5.54 Å². The molecule has 0 atom stereocenters. The first-order valence-electron chi connectivity index (χ1n) is 7.06. The predicted octanol–water partition coefficient (Wildman–Crippen LogP) is 3.33. The lowest BCUT2D eigenvalue weighted by molar-refractivity contribution is 0.353. The molecule has 0 amide bonds. The summed E-state index contributed by atoms with van der Waals surface area (Å²) in [6.45, 7) is 10.4. The van der Waals surface area contributed by atoms with E-state index in [1.807, 2.05) is 26.2 Å². The first-order valence-corrected chi connectivity index (χ1v) is 7.94. The van der Waals surface area contributed by atoms with Gasteiger partial charge in [-0.25, -0.2) is 14.6 Å². The Morgan fingerprint density at radius 1 is 1.18 bits per heavy atom. The molecule has 0 spiro atoms. The number of rotatable bonds is 3. The molecular weight excluding hydrogens is 300 g/mol. The van der Waals surface area contributed by atoms with Crippen molar-refractivity contribution in [3.05, 3.63) is 16.7 Å². The molecule has 0 unspecified atom stereocenters. The van der Waals surface area contributed by atoms with Gasteiger partial charge in [-0.15, -0.1) is 16.4 Å². The highest BCUT2D eigenvalue weighted by molar-refractivity contribution is 7.10. The van der Waals surface area contributed by atoms with Gasteiger partial charge in [0.05, 0.1) is 10.5 Å². The molecule has 0 fully saturated rings. The lowest BCUT2D eigenvalue weighted by Gasteiger charge is -2.17. The van der Waals surface area contributed by atoms with E-state index >= 15 is 0 Å². The summed E-state index contributed by atoms with van der Waals surface area (Å²) < 4.78 is 7.04. The molecule has 22 heavy (non-hydrogen) atoms. The third-order valence-electron chi connectivity index (χ3n) is 3.04. The molecule has 0 N–H and O–H groups in total. The van der Waals surface area contributed by atoms with Crippen LogP contribution in [0.2, 0.25) is 0 Å². The van der Waals surface area contributed by atoms with Crippen LogP contribution in [0.5, 0.6) is 0 Å². The Labute approximate surface area is 132 Å². The molecule has 0 saturated carbocycles. The average Bonchev–Trinajstić information content (AvgIpc) is 3.17. The van der Waals surface area contributed by atoms with Gasteiger partial charge < -0.3 is 4.52 Å². The van der Waals surface area contributed by atoms with E-state index < -0.39 is 0 Å². The highest BCUT2D eigenvalue weighted by atomic mass is 32.1. The molecule has 0 saturated heterocycles. The summed E-state index contributed by atoms with van der Waals surface area (Å²) >= 11 is 1.60. The zero-order valence-electron chi connectivity index (χ0n) is 13.2.